The minimum Gasteiger partial charge on any atom is -0.255 e. The molecule has 2 aliphatic rings. The largest absolute Gasteiger partial charge is 0.255 e. The van der Waals surface area contributed by atoms with Gasteiger partial charge in [0.15, 0.2) is 0 Å². The highest BCUT2D eigenvalue weighted by molar-refractivity contribution is 5.01. The molecule has 1 saturated carbocycles. The van der Waals surface area contributed by atoms with Crippen LogP contribution in [0.2, 0.25) is 1.41 Å². The van der Waals surface area contributed by atoms with E-state index in [1.54, 1.807) is 0 Å². The number of nitrogens with one attached hydrogen (secondary N) is 2. The van der Waals surface area contributed by atoms with Crippen LogP contribution in [0.5, 0.6) is 0 Å². The van der Waals surface area contributed by atoms with Crippen molar-refractivity contribution in [1.29, 1.82) is 0 Å². The summed E-state index contributed by atoms with van der Waals surface area (Å²) in [5.74, 6) is 0. The molecule has 1 aliphatic carbocycles. The third kappa shape index (κ3) is 0.359. The number of hydrogen-bond acceptors (Lipinski definition) is 2. The molecule has 0 amide bonds. The van der Waals surface area contributed by atoms with E-state index >= 15 is 0 Å². The van der Waals surface area contributed by atoms with E-state index in [0.717, 1.165) is 6.54 Å². The van der Waals surface area contributed by atoms with Crippen LogP contribution in [0.25, 0.3) is 0 Å². The molecule has 2 N–H and O–H groups in total. The van der Waals surface area contributed by atoms with Crippen molar-refractivity contribution < 1.29 is 1.41 Å². The minimum atomic E-state index is 0.292. The highest BCUT2D eigenvalue weighted by Crippen LogP contribution is 2.33. The Balaban J connectivity index is 2.03. The lowest BCUT2D eigenvalue weighted by Crippen LogP contribution is -2.72. The maximum Gasteiger partial charge on any atom is 0.142 e. The topological polar surface area (TPSA) is 24.1 Å². The molecule has 2 rings (SSSR count). The number of hydrazine groups is 1. The maximum absolute atomic E-state index is 7.24. The van der Waals surface area contributed by atoms with Crippen molar-refractivity contribution in [3.8, 4) is 0 Å². The van der Waals surface area contributed by atoms with E-state index in [9.17, 15) is 0 Å². The van der Waals surface area contributed by atoms with Gasteiger partial charge < -0.3 is 0 Å². The quantitative estimate of drug-likeness (QED) is 0.447. The molecule has 1 heterocycles. The van der Waals surface area contributed by atoms with Gasteiger partial charge in [0.2, 0.25) is 0 Å². The Bertz CT molecular complexity index is 105. The SMILES string of the molecule is [2H]N1NCC12CCC2. The number of rotatable bonds is 0. The zero-order chi connectivity index (χ0) is 5.61. The Labute approximate surface area is 44.7 Å². The van der Waals surface area contributed by atoms with Gasteiger partial charge in [-0.3, -0.25) is 10.8 Å². The third-order valence-electron chi connectivity index (χ3n) is 2.01. The van der Waals surface area contributed by atoms with Crippen molar-refractivity contribution in [2.24, 2.45) is 0 Å². The Morgan fingerprint density at radius 2 is 2.43 bits per heavy atom. The molecule has 1 aliphatic heterocycles. The van der Waals surface area contributed by atoms with Crippen LogP contribution in [0.15, 0.2) is 0 Å². The molecule has 1 spiro atoms. The summed E-state index contributed by atoms with van der Waals surface area (Å²) < 4.78 is 7.24. The maximum atomic E-state index is 7.24. The first-order valence-corrected chi connectivity index (χ1v) is 2.86. The minimum absolute atomic E-state index is 0.292. The van der Waals surface area contributed by atoms with Crippen LogP contribution in [0.4, 0.5) is 0 Å². The molecule has 0 bridgehead atoms. The summed E-state index contributed by atoms with van der Waals surface area (Å²) in [5, 5.41) is 0. The molecule has 2 nitrogen and oxygen atoms in total. The molecule has 2 heteroatoms. The Kier molecular flexibility index (Phi) is 0.439. The van der Waals surface area contributed by atoms with E-state index in [2.05, 4.69) is 5.43 Å². The highest BCUT2D eigenvalue weighted by atomic mass is 15.5. The van der Waals surface area contributed by atoms with Gasteiger partial charge in [-0.05, 0) is 19.3 Å². The lowest BCUT2D eigenvalue weighted by Gasteiger charge is -2.50. The van der Waals surface area contributed by atoms with Gasteiger partial charge in [0.1, 0.15) is 1.41 Å². The zero-order valence-corrected chi connectivity index (χ0v) is 4.28. The van der Waals surface area contributed by atoms with Gasteiger partial charge in [0, 0.05) is 12.1 Å². The summed E-state index contributed by atoms with van der Waals surface area (Å²) in [4.78, 5) is 0. The second-order valence-corrected chi connectivity index (χ2v) is 2.52. The van der Waals surface area contributed by atoms with E-state index < -0.39 is 0 Å². The molecule has 0 radical (unpaired) electrons. The summed E-state index contributed by atoms with van der Waals surface area (Å²) >= 11 is 0. The van der Waals surface area contributed by atoms with E-state index in [1.807, 2.05) is 0 Å². The van der Waals surface area contributed by atoms with Gasteiger partial charge in [-0.25, -0.2) is 0 Å². The first-order chi connectivity index (χ1) is 3.83. The molecular formula is C5H10N2. The molecule has 7 heavy (non-hydrogen) atoms. The van der Waals surface area contributed by atoms with Gasteiger partial charge in [-0.15, -0.1) is 0 Å². The molecule has 0 aromatic rings. The smallest absolute Gasteiger partial charge is 0.142 e. The molecule has 1 saturated heterocycles. The van der Waals surface area contributed by atoms with Crippen LogP contribution >= 0.6 is 0 Å². The fourth-order valence-electron chi connectivity index (χ4n) is 1.18. The van der Waals surface area contributed by atoms with Crippen molar-refractivity contribution in [3.05, 3.63) is 0 Å². The van der Waals surface area contributed by atoms with E-state index in [4.69, 9.17) is 1.41 Å². The van der Waals surface area contributed by atoms with Crippen molar-refractivity contribution in [2.45, 2.75) is 24.8 Å². The predicted octanol–water partition coefficient (Wildman–Crippen LogP) is 0.0169. The van der Waals surface area contributed by atoms with E-state index in [-0.39, 0.29) is 0 Å². The van der Waals surface area contributed by atoms with Gasteiger partial charge in [-0.1, -0.05) is 0 Å². The number of hydrogen-bond donors (Lipinski definition) is 2. The first kappa shape index (κ1) is 3.05. The molecule has 0 aromatic carbocycles. The summed E-state index contributed by atoms with van der Waals surface area (Å²) in [6, 6.07) is 0. The van der Waals surface area contributed by atoms with E-state index in [0.29, 0.717) is 5.54 Å². The third-order valence-corrected chi connectivity index (χ3v) is 2.01. The van der Waals surface area contributed by atoms with Gasteiger partial charge in [0.05, 0.1) is 0 Å². The Hall–Kier alpha value is -0.0800. The van der Waals surface area contributed by atoms with Crippen LogP contribution in [-0.2, 0) is 0 Å². The molecular weight excluding hydrogens is 88.1 g/mol. The second-order valence-electron chi connectivity index (χ2n) is 2.52. The van der Waals surface area contributed by atoms with Crippen molar-refractivity contribution in [1.82, 2.24) is 10.8 Å². The van der Waals surface area contributed by atoms with Crippen molar-refractivity contribution in [3.63, 3.8) is 0 Å². The normalized spacial score (nSPS) is 39.1. The summed E-state index contributed by atoms with van der Waals surface area (Å²) in [6.45, 7) is 1.04. The van der Waals surface area contributed by atoms with Gasteiger partial charge in [0.25, 0.3) is 0 Å². The molecule has 0 unspecified atom stereocenters. The van der Waals surface area contributed by atoms with Crippen molar-refractivity contribution in [2.75, 3.05) is 6.54 Å². The Morgan fingerprint density at radius 1 is 1.57 bits per heavy atom. The average Bonchev–Trinajstić information content (AvgIpc) is 1.58. The molecule has 0 aromatic heterocycles. The van der Waals surface area contributed by atoms with E-state index in [1.165, 1.54) is 24.7 Å². The predicted molar refractivity (Wildman–Crippen MR) is 27.7 cm³/mol. The van der Waals surface area contributed by atoms with Crippen LogP contribution in [0, 0.1) is 0 Å². The van der Waals surface area contributed by atoms with Crippen LogP contribution in [0.3, 0.4) is 0 Å². The van der Waals surface area contributed by atoms with Crippen molar-refractivity contribution >= 4 is 0 Å². The Morgan fingerprint density at radius 3 is 2.43 bits per heavy atom. The monoisotopic (exact) mass is 99.1 g/mol. The van der Waals surface area contributed by atoms with Crippen LogP contribution in [-0.4, -0.2) is 12.1 Å². The fourth-order valence-corrected chi connectivity index (χ4v) is 1.18. The van der Waals surface area contributed by atoms with Gasteiger partial charge in [-0.2, -0.15) is 0 Å². The summed E-state index contributed by atoms with van der Waals surface area (Å²) in [7, 11) is 0. The average molecular weight is 99.2 g/mol. The van der Waals surface area contributed by atoms with Gasteiger partial charge >= 0.3 is 0 Å². The van der Waals surface area contributed by atoms with Crippen LogP contribution < -0.4 is 10.8 Å². The summed E-state index contributed by atoms with van der Waals surface area (Å²) in [6.07, 6.45) is 3.77. The molecule has 0 atom stereocenters. The van der Waals surface area contributed by atoms with Crippen LogP contribution in [0.1, 0.15) is 19.3 Å². The first-order valence-electron chi connectivity index (χ1n) is 3.31. The highest BCUT2D eigenvalue weighted by Gasteiger charge is 2.41. The zero-order valence-electron chi connectivity index (χ0n) is 5.28. The fraction of sp³-hybridized carbons (Fsp3) is 1.00. The lowest BCUT2D eigenvalue weighted by molar-refractivity contribution is 0.0709. The molecule has 2 fully saturated rings. The summed E-state index contributed by atoms with van der Waals surface area (Å²) in [5.41, 5.74) is 4.70. The second kappa shape index (κ2) is 1.01. The molecule has 40 valence electrons. The standard InChI is InChI=1S/C5H10N2/c1-2-5(3-1)4-6-7-5/h6-7H,1-4H2/i/hD. The lowest BCUT2D eigenvalue weighted by atomic mass is 9.75.